The molecule has 0 aliphatic rings. The molecule has 0 aromatic heterocycles. The SMILES string of the molecule is COc1ccc(S(=O)(=O)CCCCOCS(=O)(=O)CCc2ccc(N=Nc3c(S(=O)(=O)O)cc4c(N=Nc5ccc(SC#COOS(=O)(=O)O)cc5S(=O)(=O)O)c(N)ccc4c3O)cc2)cc1N=Nc1c(S(=O)(=O)O)cc2c(N=Nc3ccc(SC#COOS(=O)(=O)O)cc3S(=O)(=O)O)c(N)ccc2c1O.O.O. The van der Waals surface area contributed by atoms with Gasteiger partial charge in [0.25, 0.3) is 40.5 Å². The number of hydrogen-bond acceptors (Lipinski definition) is 36. The van der Waals surface area contributed by atoms with Crippen LogP contribution in [0.2, 0.25) is 0 Å². The molecule has 0 unspecified atom stereocenters. The number of benzene rings is 8. The third-order valence-electron chi connectivity index (χ3n) is 13.6. The predicted octanol–water partition coefficient (Wildman–Crippen LogP) is 8.28. The number of nitrogens with zero attached hydrogens (tertiary/aromatic N) is 8. The van der Waals surface area contributed by atoms with Crippen molar-refractivity contribution in [3.8, 4) is 40.0 Å². The number of methoxy groups -OCH3 is 1. The molecule has 0 radical (unpaired) electrons. The topological polar surface area (TPSA) is 704 Å². The molecule has 16 N–H and O–H groups in total. The number of unbranched alkanes of at least 4 members (excludes halogenated alkanes) is 1. The molecule has 0 aliphatic heterocycles. The van der Waals surface area contributed by atoms with Gasteiger partial charge in [0.2, 0.25) is 0 Å². The first-order valence-electron chi connectivity index (χ1n) is 28.2. The molecule has 0 bridgehead atoms. The van der Waals surface area contributed by atoms with Crippen LogP contribution in [0.4, 0.5) is 56.9 Å². The molecule has 0 heterocycles. The summed E-state index contributed by atoms with van der Waals surface area (Å²) in [5, 5.41) is 57.4. The van der Waals surface area contributed by atoms with Gasteiger partial charge in [-0.3, -0.25) is 37.1 Å². The highest BCUT2D eigenvalue weighted by molar-refractivity contribution is 8.04. The van der Waals surface area contributed by atoms with Gasteiger partial charge in [-0.25, -0.2) is 16.8 Å². The van der Waals surface area contributed by atoms with Crippen molar-refractivity contribution in [1.82, 2.24) is 0 Å². The Bertz CT molecular complexity index is 6080. The Morgan fingerprint density at radius 3 is 1.31 bits per heavy atom. The number of aromatic hydroxyl groups is 2. The number of rotatable bonds is 30. The van der Waals surface area contributed by atoms with Crippen molar-refractivity contribution >= 4 is 183 Å². The molecule has 0 fully saturated rings. The quantitative estimate of drug-likeness (QED) is 0.00296. The van der Waals surface area contributed by atoms with Crippen molar-refractivity contribution in [3.05, 3.63) is 121 Å². The summed E-state index contributed by atoms with van der Waals surface area (Å²) < 4.78 is 272. The van der Waals surface area contributed by atoms with E-state index < -0.39 is 158 Å². The minimum absolute atomic E-state index is 0. The molecule has 42 nitrogen and oxygen atoms in total. The number of phenolic OH excluding ortho intramolecular Hbond substituents is 2. The van der Waals surface area contributed by atoms with E-state index in [0.29, 0.717) is 29.1 Å². The number of aryl methyl sites for hydroxylation is 1. The van der Waals surface area contributed by atoms with Crippen LogP contribution < -0.4 is 16.2 Å². The van der Waals surface area contributed by atoms with Crippen LogP contribution in [0.15, 0.2) is 190 Å². The first-order chi connectivity index (χ1) is 49.4. The number of thioether (sulfide) groups is 2. The molecule has 0 aliphatic carbocycles. The summed E-state index contributed by atoms with van der Waals surface area (Å²) in [7, 11) is -37.7. The Hall–Kier alpha value is -9.74. The summed E-state index contributed by atoms with van der Waals surface area (Å²) in [6, 6.07) is 21.6. The molecule has 0 saturated carbocycles. The van der Waals surface area contributed by atoms with E-state index in [1.807, 2.05) is 0 Å². The minimum Gasteiger partial charge on any atom is -0.505 e. The van der Waals surface area contributed by atoms with E-state index in [9.17, 15) is 95.8 Å². The normalized spacial score (nSPS) is 12.6. The maximum absolute atomic E-state index is 13.6. The number of azo groups is 4. The lowest BCUT2D eigenvalue weighted by atomic mass is 10.1. The Balaban J connectivity index is 0.00000912. The van der Waals surface area contributed by atoms with Crippen molar-refractivity contribution in [2.24, 2.45) is 40.9 Å². The van der Waals surface area contributed by atoms with Crippen LogP contribution in [0.1, 0.15) is 18.4 Å². The fourth-order valence-corrected chi connectivity index (χ4v) is 15.3. The van der Waals surface area contributed by atoms with Gasteiger partial charge in [0.1, 0.15) is 71.1 Å². The van der Waals surface area contributed by atoms with E-state index in [4.69, 9.17) is 30.0 Å². The van der Waals surface area contributed by atoms with Gasteiger partial charge in [0.05, 0.1) is 40.6 Å². The van der Waals surface area contributed by atoms with E-state index in [1.54, 1.807) is 12.2 Å². The highest BCUT2D eigenvalue weighted by Crippen LogP contribution is 2.49. The summed E-state index contributed by atoms with van der Waals surface area (Å²) >= 11 is 1.07. The Labute approximate surface area is 620 Å². The van der Waals surface area contributed by atoms with Crippen LogP contribution in [0, 0.1) is 22.7 Å². The second-order valence-corrected chi connectivity index (χ2v) is 34.4. The van der Waals surface area contributed by atoms with Crippen molar-refractivity contribution < 1.29 is 144 Å². The molecule has 0 spiro atoms. The lowest BCUT2D eigenvalue weighted by Crippen LogP contribution is -2.16. The molecule has 0 saturated heterocycles. The Morgan fingerprint density at radius 1 is 0.444 bits per heavy atom. The smallest absolute Gasteiger partial charge is 0.433 e. The zero-order valence-electron chi connectivity index (χ0n) is 53.8. The fourth-order valence-electron chi connectivity index (χ4n) is 8.88. The number of nitrogen functional groups attached to an aromatic ring is 2. The lowest BCUT2D eigenvalue weighted by molar-refractivity contribution is -0.135. The van der Waals surface area contributed by atoms with E-state index in [1.165, 1.54) is 73.8 Å². The molecule has 578 valence electrons. The molecular formula is C56H52N10O32S10. The highest BCUT2D eigenvalue weighted by atomic mass is 32.3. The van der Waals surface area contributed by atoms with E-state index in [0.717, 1.165) is 48.5 Å². The third kappa shape index (κ3) is 23.6. The average Bonchev–Trinajstić information content (AvgIpc) is 0.759. The van der Waals surface area contributed by atoms with Gasteiger partial charge < -0.3 is 42.1 Å². The number of ether oxygens (including phenoxy) is 2. The van der Waals surface area contributed by atoms with Gasteiger partial charge >= 0.3 is 20.8 Å². The fraction of sp³-hybridized carbons (Fsp3) is 0.143. The van der Waals surface area contributed by atoms with Gasteiger partial charge in [-0.1, -0.05) is 12.1 Å². The first-order valence-corrected chi connectivity index (χ1v) is 41.8. The van der Waals surface area contributed by atoms with E-state index in [-0.39, 0.29) is 107 Å². The molecule has 8 aromatic rings. The summed E-state index contributed by atoms with van der Waals surface area (Å²) in [5.74, 6) is -3.64. The standard InChI is InChI=1S/C56H48N10O30S10.2H2O/c1-91-46-17-10-36(28-45(46)62-66-54-50(104(82,83)84)30-40-38(56(54)68)12-14-42(58)52(40)64-61-44-16-9-35(27-48(44)102(76,77)78)98-23-21-94-96-106(88,89)90)100(71,72)24-3-2-19-92-31-99(69,70)25-18-32-4-6-33(7-5-32)59-65-53-49(103(79,80)81)29-39-37(55(53)67)11-13-41(57)51(39)63-60-43-15-8-34(26-47(43)101(73,74)75)97-22-20-93-95-105(85,86)87;;/h4-17,26-30,67-68H,2-3,18-19,24-25,31,57-58H2,1H3,(H,73,74,75)(H,76,77,78)(H,79,80,81)(H,82,83,84)(H,85,86,87)(H,88,89,90);2*1H2. The molecule has 0 amide bonds. The van der Waals surface area contributed by atoms with Crippen molar-refractivity contribution in [2.75, 3.05) is 42.6 Å². The highest BCUT2D eigenvalue weighted by Gasteiger charge is 2.28. The number of fused-ring (bicyclic) bond motifs is 2. The number of anilines is 2. The molecule has 0 atom stereocenters. The van der Waals surface area contributed by atoms with Crippen molar-refractivity contribution in [3.63, 3.8) is 0 Å². The number of sulfone groups is 2. The lowest BCUT2D eigenvalue weighted by Gasteiger charge is -2.12. The summed E-state index contributed by atoms with van der Waals surface area (Å²) in [5.41, 5.74) is 8.52. The molecule has 108 heavy (non-hydrogen) atoms. The maximum atomic E-state index is 13.6. The monoisotopic (exact) mass is 1700 g/mol. The molecular weight excluding hydrogens is 1650 g/mol. The van der Waals surface area contributed by atoms with Gasteiger partial charge in [0, 0.05) is 48.4 Å². The zero-order chi connectivity index (χ0) is 78.0. The van der Waals surface area contributed by atoms with Gasteiger partial charge in [-0.05, 0) is 160 Å². The van der Waals surface area contributed by atoms with Gasteiger partial charge in [0.15, 0.2) is 43.4 Å². The van der Waals surface area contributed by atoms with Crippen LogP contribution in [0.3, 0.4) is 0 Å². The van der Waals surface area contributed by atoms with Crippen molar-refractivity contribution in [1.29, 1.82) is 0 Å². The van der Waals surface area contributed by atoms with Crippen LogP contribution in [-0.2, 0) is 111 Å². The van der Waals surface area contributed by atoms with Gasteiger partial charge in [-0.15, -0.1) is 35.8 Å². The average molecular weight is 1700 g/mol. The number of phenols is 2. The zero-order valence-corrected chi connectivity index (χ0v) is 62.0. The summed E-state index contributed by atoms with van der Waals surface area (Å²) in [4.78, 5) is 3.80. The number of hydrogen-bond donors (Lipinski definition) is 10. The molecule has 52 heteroatoms. The van der Waals surface area contributed by atoms with Crippen LogP contribution >= 0.6 is 23.5 Å². The summed E-state index contributed by atoms with van der Waals surface area (Å²) in [6.45, 7) is -0.204. The van der Waals surface area contributed by atoms with Crippen LogP contribution in [-0.4, -0.2) is 147 Å². The Kier molecular flexibility index (Phi) is 28.7. The number of nitrogens with two attached hydrogens (primary N) is 2. The maximum Gasteiger partial charge on any atom is 0.433 e. The second kappa shape index (κ2) is 35.5. The molecule has 8 rings (SSSR count). The first kappa shape index (κ1) is 87.2. The predicted molar refractivity (Wildman–Crippen MR) is 380 cm³/mol. The van der Waals surface area contributed by atoms with Crippen LogP contribution in [0.5, 0.6) is 17.2 Å². The largest absolute Gasteiger partial charge is 0.505 e. The van der Waals surface area contributed by atoms with E-state index >= 15 is 0 Å². The summed E-state index contributed by atoms with van der Waals surface area (Å²) in [6.07, 6.45) is 3.41. The third-order valence-corrected chi connectivity index (χ3v) is 22.1. The minimum atomic E-state index is -5.36. The van der Waals surface area contributed by atoms with Crippen LogP contribution in [0.25, 0.3) is 21.5 Å². The molecule has 8 aromatic carbocycles. The Morgan fingerprint density at radius 2 is 0.880 bits per heavy atom. The van der Waals surface area contributed by atoms with Gasteiger partial charge in [-0.2, -0.15) is 55.6 Å². The van der Waals surface area contributed by atoms with E-state index in [2.05, 4.69) is 69.9 Å². The van der Waals surface area contributed by atoms with Crippen molar-refractivity contribution in [2.45, 2.75) is 53.5 Å². The second-order valence-electron chi connectivity index (χ2n) is 20.8.